The summed E-state index contributed by atoms with van der Waals surface area (Å²) >= 11 is 0. The lowest BCUT2D eigenvalue weighted by atomic mass is 10.4. The molecule has 0 atom stereocenters. The third kappa shape index (κ3) is 3.55. The van der Waals surface area contributed by atoms with Gasteiger partial charge in [0.15, 0.2) is 5.69 Å². The molecule has 0 unspecified atom stereocenters. The Morgan fingerprint density at radius 2 is 2.22 bits per heavy atom. The van der Waals surface area contributed by atoms with E-state index in [2.05, 4.69) is 38.2 Å². The number of imidazole rings is 1. The molecule has 0 aliphatic rings. The van der Waals surface area contributed by atoms with Gasteiger partial charge >= 0.3 is 5.97 Å². The highest BCUT2D eigenvalue weighted by Crippen LogP contribution is 2.15. The smallest absolute Gasteiger partial charge is 0.358 e. The molecule has 0 radical (unpaired) electrons. The van der Waals surface area contributed by atoms with Gasteiger partial charge in [-0.25, -0.2) is 9.78 Å². The largest absolute Gasteiger partial charge is 0.464 e. The number of methoxy groups -OCH3 is 1. The zero-order chi connectivity index (χ0) is 13.4. The summed E-state index contributed by atoms with van der Waals surface area (Å²) < 4.78 is 4.58. The number of carbonyl (C=O) groups excluding carboxylic acids is 1. The Balaban J connectivity index is 2.81. The summed E-state index contributed by atoms with van der Waals surface area (Å²) in [7, 11) is 1.28. The van der Waals surface area contributed by atoms with Crippen molar-refractivity contribution in [2.24, 2.45) is 10.3 Å². The molecule has 0 fully saturated rings. The fourth-order valence-corrected chi connectivity index (χ4v) is 1.17. The van der Waals surface area contributed by atoms with Crippen LogP contribution in [-0.4, -0.2) is 41.1 Å². The van der Waals surface area contributed by atoms with Gasteiger partial charge in [0, 0.05) is 0 Å². The van der Waals surface area contributed by atoms with Crippen molar-refractivity contribution in [1.29, 1.82) is 0 Å². The van der Waals surface area contributed by atoms with Crippen LogP contribution in [0.3, 0.4) is 0 Å². The van der Waals surface area contributed by atoms with Crippen LogP contribution in [0, 0.1) is 0 Å². The molecule has 7 nitrogen and oxygen atoms in total. The molecule has 0 aromatic carbocycles. The summed E-state index contributed by atoms with van der Waals surface area (Å²) in [5.74, 6) is -0.361. The summed E-state index contributed by atoms with van der Waals surface area (Å²) in [4.78, 5) is 17.9. The monoisotopic (exact) mass is 249 g/mol. The fraction of sp³-hybridized carbons (Fsp3) is 0.273. The van der Waals surface area contributed by atoms with Gasteiger partial charge in [0.1, 0.15) is 0 Å². The number of nitrogens with one attached hydrogen (secondary N) is 1. The van der Waals surface area contributed by atoms with Crippen molar-refractivity contribution in [2.75, 3.05) is 20.2 Å². The zero-order valence-electron chi connectivity index (χ0n) is 10.2. The molecule has 96 valence electrons. The Labute approximate surface area is 105 Å². The molecule has 0 amide bonds. The quantitative estimate of drug-likeness (QED) is 0.346. The zero-order valence-corrected chi connectivity index (χ0v) is 10.2. The molecule has 7 heteroatoms. The molecule has 18 heavy (non-hydrogen) atoms. The second kappa shape index (κ2) is 7.00. The summed E-state index contributed by atoms with van der Waals surface area (Å²) in [6, 6.07) is 0. The minimum absolute atomic E-state index is 0.165. The van der Waals surface area contributed by atoms with E-state index in [9.17, 15) is 4.79 Å². The highest BCUT2D eigenvalue weighted by Gasteiger charge is 2.14. The van der Waals surface area contributed by atoms with Gasteiger partial charge in [-0.1, -0.05) is 17.4 Å². The second-order valence-corrected chi connectivity index (χ2v) is 3.23. The first-order valence-corrected chi connectivity index (χ1v) is 5.23. The number of aromatic nitrogens is 2. The third-order valence-corrected chi connectivity index (χ3v) is 1.95. The van der Waals surface area contributed by atoms with E-state index in [1.165, 1.54) is 13.4 Å². The minimum Gasteiger partial charge on any atom is -0.464 e. The van der Waals surface area contributed by atoms with Crippen LogP contribution >= 0.6 is 0 Å². The molecule has 0 saturated heterocycles. The molecule has 1 aromatic heterocycles. The number of hydrogen-bond acceptors (Lipinski definition) is 5. The lowest BCUT2D eigenvalue weighted by molar-refractivity contribution is 0.0595. The normalized spacial score (nSPS) is 10.3. The highest BCUT2D eigenvalue weighted by molar-refractivity contribution is 5.91. The summed E-state index contributed by atoms with van der Waals surface area (Å²) in [5.41, 5.74) is 0.165. The maximum atomic E-state index is 11.4. The van der Waals surface area contributed by atoms with Gasteiger partial charge < -0.3 is 9.72 Å². The van der Waals surface area contributed by atoms with E-state index in [1.807, 2.05) is 0 Å². The van der Waals surface area contributed by atoms with Crippen molar-refractivity contribution >= 4 is 11.8 Å². The van der Waals surface area contributed by atoms with Crippen LogP contribution in [0.15, 0.2) is 42.0 Å². The fourth-order valence-electron chi connectivity index (χ4n) is 1.17. The predicted molar refractivity (Wildman–Crippen MR) is 66.4 cm³/mol. The van der Waals surface area contributed by atoms with Gasteiger partial charge in [0.25, 0.3) is 0 Å². The van der Waals surface area contributed by atoms with Crippen LogP contribution in [0.1, 0.15) is 10.5 Å². The van der Waals surface area contributed by atoms with Gasteiger partial charge in [-0.3, -0.25) is 5.01 Å². The van der Waals surface area contributed by atoms with E-state index < -0.39 is 5.97 Å². The Morgan fingerprint density at radius 1 is 1.56 bits per heavy atom. The molecule has 0 aliphatic heterocycles. The van der Waals surface area contributed by atoms with Gasteiger partial charge in [-0.2, -0.15) is 0 Å². The van der Waals surface area contributed by atoms with E-state index in [1.54, 1.807) is 17.2 Å². The number of H-pyrrole nitrogens is 1. The Hall–Kier alpha value is -2.44. The number of aromatic amines is 1. The van der Waals surface area contributed by atoms with Crippen LogP contribution < -0.4 is 0 Å². The molecule has 0 aliphatic carbocycles. The van der Waals surface area contributed by atoms with Crippen LogP contribution in [-0.2, 0) is 4.74 Å². The van der Waals surface area contributed by atoms with E-state index >= 15 is 0 Å². The second-order valence-electron chi connectivity index (χ2n) is 3.23. The molecule has 1 N–H and O–H groups in total. The summed E-state index contributed by atoms with van der Waals surface area (Å²) in [5, 5.41) is 9.45. The Bertz CT molecular complexity index is 442. The van der Waals surface area contributed by atoms with E-state index in [-0.39, 0.29) is 11.5 Å². The van der Waals surface area contributed by atoms with Gasteiger partial charge in [0.05, 0.1) is 26.5 Å². The summed E-state index contributed by atoms with van der Waals surface area (Å²) in [6.45, 7) is 8.27. The molecule has 1 rings (SSSR count). The van der Waals surface area contributed by atoms with Crippen LogP contribution in [0.5, 0.6) is 0 Å². The number of hydrogen-bond donors (Lipinski definition) is 1. The van der Waals surface area contributed by atoms with Crippen LogP contribution in [0.25, 0.3) is 0 Å². The number of rotatable bonds is 7. The van der Waals surface area contributed by atoms with Gasteiger partial charge in [-0.15, -0.1) is 18.3 Å². The molecule has 0 saturated carbocycles. The molecular formula is C11H15N5O2. The first kappa shape index (κ1) is 13.6. The van der Waals surface area contributed by atoms with Crippen molar-refractivity contribution in [3.8, 4) is 0 Å². The van der Waals surface area contributed by atoms with Crippen LogP contribution in [0.2, 0.25) is 0 Å². The van der Waals surface area contributed by atoms with Crippen molar-refractivity contribution in [2.45, 2.75) is 0 Å². The number of nitrogens with zero attached hydrogens (tertiary/aromatic N) is 4. The average molecular weight is 249 g/mol. The topological polar surface area (TPSA) is 82.9 Å². The SMILES string of the molecule is C=CCN(CC=C)/N=N\c1nc[nH]c1C(=O)OC. The van der Waals surface area contributed by atoms with Gasteiger partial charge in [0.2, 0.25) is 5.82 Å². The minimum atomic E-state index is -0.541. The number of esters is 1. The lowest BCUT2D eigenvalue weighted by Gasteiger charge is -2.11. The first-order valence-electron chi connectivity index (χ1n) is 5.23. The van der Waals surface area contributed by atoms with Crippen molar-refractivity contribution in [3.63, 3.8) is 0 Å². The molecule has 0 spiro atoms. The van der Waals surface area contributed by atoms with Gasteiger partial charge in [-0.05, 0) is 0 Å². The van der Waals surface area contributed by atoms with Crippen molar-refractivity contribution < 1.29 is 9.53 Å². The molecule has 0 bridgehead atoms. The van der Waals surface area contributed by atoms with Crippen molar-refractivity contribution in [1.82, 2.24) is 15.0 Å². The number of ether oxygens (including phenoxy) is 1. The molecular weight excluding hydrogens is 234 g/mol. The standard InChI is InChI=1S/C11H15N5O2/c1-4-6-16(7-5-2)15-14-10-9(11(17)18-3)12-8-13-10/h4-5,8H,1-2,6-7H2,3H3,(H,12,13)/b15-14-. The maximum absolute atomic E-state index is 11.4. The highest BCUT2D eigenvalue weighted by atomic mass is 16.5. The predicted octanol–water partition coefficient (Wildman–Crippen LogP) is 1.87. The van der Waals surface area contributed by atoms with E-state index in [0.29, 0.717) is 13.1 Å². The molecule has 1 heterocycles. The van der Waals surface area contributed by atoms with Crippen molar-refractivity contribution in [3.05, 3.63) is 37.3 Å². The molecule has 1 aromatic rings. The summed E-state index contributed by atoms with van der Waals surface area (Å²) in [6.07, 6.45) is 4.73. The maximum Gasteiger partial charge on any atom is 0.358 e. The Morgan fingerprint density at radius 3 is 2.78 bits per heavy atom. The number of carbonyl (C=O) groups is 1. The Kier molecular flexibility index (Phi) is 5.30. The van der Waals surface area contributed by atoms with E-state index in [0.717, 1.165) is 0 Å². The lowest BCUT2D eigenvalue weighted by Crippen LogP contribution is -2.16. The van der Waals surface area contributed by atoms with Crippen LogP contribution in [0.4, 0.5) is 5.82 Å². The third-order valence-electron chi connectivity index (χ3n) is 1.95. The van der Waals surface area contributed by atoms with E-state index in [4.69, 9.17) is 0 Å². The average Bonchev–Trinajstić information content (AvgIpc) is 2.84. The first-order chi connectivity index (χ1) is 8.72.